The summed E-state index contributed by atoms with van der Waals surface area (Å²) in [6, 6.07) is 8.35. The molecule has 112 valence electrons. The summed E-state index contributed by atoms with van der Waals surface area (Å²) in [5.41, 5.74) is 7.64. The van der Waals surface area contributed by atoms with Gasteiger partial charge >= 0.3 is 0 Å². The molecule has 2 N–H and O–H groups in total. The van der Waals surface area contributed by atoms with E-state index in [1.807, 2.05) is 12.1 Å². The molecule has 0 heterocycles. The molecule has 1 aromatic rings. The van der Waals surface area contributed by atoms with Crippen LogP contribution in [-0.4, -0.2) is 31.1 Å². The van der Waals surface area contributed by atoms with E-state index in [9.17, 15) is 0 Å². The number of nitrogens with zero attached hydrogens (tertiary/aromatic N) is 1. The van der Waals surface area contributed by atoms with Crippen molar-refractivity contribution >= 4 is 0 Å². The summed E-state index contributed by atoms with van der Waals surface area (Å²) in [6.07, 6.45) is 5.07. The van der Waals surface area contributed by atoms with Crippen LogP contribution < -0.4 is 10.5 Å². The highest BCUT2D eigenvalue weighted by atomic mass is 16.5. The van der Waals surface area contributed by atoms with Crippen LogP contribution >= 0.6 is 0 Å². The molecular formula is C17H28N2O. The van der Waals surface area contributed by atoms with Gasteiger partial charge in [-0.2, -0.15) is 0 Å². The maximum absolute atomic E-state index is 6.12. The quantitative estimate of drug-likeness (QED) is 0.868. The highest BCUT2D eigenvalue weighted by molar-refractivity contribution is 5.27. The van der Waals surface area contributed by atoms with E-state index in [4.69, 9.17) is 10.5 Å². The van der Waals surface area contributed by atoms with Gasteiger partial charge in [0.1, 0.15) is 5.75 Å². The van der Waals surface area contributed by atoms with Crippen LogP contribution in [0.1, 0.15) is 38.2 Å². The third-order valence-electron chi connectivity index (χ3n) is 5.03. The van der Waals surface area contributed by atoms with Crippen molar-refractivity contribution < 1.29 is 4.74 Å². The van der Waals surface area contributed by atoms with Crippen molar-refractivity contribution in [2.75, 3.05) is 20.7 Å². The fourth-order valence-corrected chi connectivity index (χ4v) is 3.42. The van der Waals surface area contributed by atoms with Crippen LogP contribution in [0.4, 0.5) is 0 Å². The van der Waals surface area contributed by atoms with Crippen molar-refractivity contribution in [3.63, 3.8) is 0 Å². The Kier molecular flexibility index (Phi) is 5.06. The molecule has 1 saturated carbocycles. The van der Waals surface area contributed by atoms with E-state index in [0.717, 1.165) is 24.8 Å². The Morgan fingerprint density at radius 2 is 2.05 bits per heavy atom. The summed E-state index contributed by atoms with van der Waals surface area (Å²) in [5, 5.41) is 0. The summed E-state index contributed by atoms with van der Waals surface area (Å²) in [4.78, 5) is 2.46. The Morgan fingerprint density at radius 1 is 1.35 bits per heavy atom. The zero-order chi connectivity index (χ0) is 14.6. The second-order valence-electron chi connectivity index (χ2n) is 6.15. The zero-order valence-electron chi connectivity index (χ0n) is 13.1. The standard InChI is InChI=1S/C17H28N2O/c1-4-14-9-10-17(11-14,13-18)19(2)12-15-5-7-16(20-3)8-6-15/h5-8,14H,4,9-13,18H2,1-3H3. The van der Waals surface area contributed by atoms with Crippen molar-refractivity contribution in [2.24, 2.45) is 11.7 Å². The van der Waals surface area contributed by atoms with Gasteiger partial charge in [0.15, 0.2) is 0 Å². The second-order valence-corrected chi connectivity index (χ2v) is 6.15. The van der Waals surface area contributed by atoms with Crippen LogP contribution in [-0.2, 0) is 6.54 Å². The van der Waals surface area contributed by atoms with E-state index < -0.39 is 0 Å². The third-order valence-corrected chi connectivity index (χ3v) is 5.03. The van der Waals surface area contributed by atoms with Gasteiger partial charge in [0.05, 0.1) is 7.11 Å². The van der Waals surface area contributed by atoms with Gasteiger partial charge in [0.2, 0.25) is 0 Å². The first-order valence-electron chi connectivity index (χ1n) is 7.68. The summed E-state index contributed by atoms with van der Waals surface area (Å²) >= 11 is 0. The van der Waals surface area contributed by atoms with Gasteiger partial charge < -0.3 is 10.5 Å². The summed E-state index contributed by atoms with van der Waals surface area (Å²) < 4.78 is 5.21. The maximum atomic E-state index is 6.12. The Balaban J connectivity index is 2.03. The lowest BCUT2D eigenvalue weighted by atomic mass is 9.93. The van der Waals surface area contributed by atoms with Crippen LogP contribution in [0, 0.1) is 5.92 Å². The lowest BCUT2D eigenvalue weighted by Crippen LogP contribution is -2.49. The molecule has 1 aromatic carbocycles. The molecule has 3 heteroatoms. The average molecular weight is 276 g/mol. The van der Waals surface area contributed by atoms with Gasteiger partial charge in [0, 0.05) is 18.6 Å². The molecule has 0 spiro atoms. The first-order valence-corrected chi connectivity index (χ1v) is 7.68. The molecule has 0 aliphatic heterocycles. The summed E-state index contributed by atoms with van der Waals surface area (Å²) in [5.74, 6) is 1.76. The fraction of sp³-hybridized carbons (Fsp3) is 0.647. The monoisotopic (exact) mass is 276 g/mol. The van der Waals surface area contributed by atoms with E-state index in [1.54, 1.807) is 7.11 Å². The molecular weight excluding hydrogens is 248 g/mol. The second kappa shape index (κ2) is 6.59. The summed E-state index contributed by atoms with van der Waals surface area (Å²) in [6.45, 7) is 4.01. The largest absolute Gasteiger partial charge is 0.497 e. The van der Waals surface area contributed by atoms with Crippen LogP contribution in [0.3, 0.4) is 0 Å². The number of ether oxygens (including phenoxy) is 1. The minimum absolute atomic E-state index is 0.195. The number of nitrogens with two attached hydrogens (primary N) is 1. The Labute approximate surface area is 123 Å². The molecule has 2 rings (SSSR count). The molecule has 1 aliphatic carbocycles. The van der Waals surface area contributed by atoms with Crippen molar-refractivity contribution in [1.82, 2.24) is 4.90 Å². The summed E-state index contributed by atoms with van der Waals surface area (Å²) in [7, 11) is 3.92. The molecule has 1 fully saturated rings. The van der Waals surface area contributed by atoms with Gasteiger partial charge in [-0.3, -0.25) is 4.90 Å². The topological polar surface area (TPSA) is 38.5 Å². The minimum Gasteiger partial charge on any atom is -0.497 e. The van der Waals surface area contributed by atoms with Crippen molar-refractivity contribution in [2.45, 2.75) is 44.7 Å². The van der Waals surface area contributed by atoms with Gasteiger partial charge in [0.25, 0.3) is 0 Å². The lowest BCUT2D eigenvalue weighted by molar-refractivity contribution is 0.119. The first-order chi connectivity index (χ1) is 9.63. The number of hydrogen-bond acceptors (Lipinski definition) is 3. The number of benzene rings is 1. The molecule has 0 radical (unpaired) electrons. The molecule has 2 atom stereocenters. The lowest BCUT2D eigenvalue weighted by Gasteiger charge is -2.38. The normalized spacial score (nSPS) is 26.1. The van der Waals surface area contributed by atoms with Crippen molar-refractivity contribution in [3.05, 3.63) is 29.8 Å². The minimum atomic E-state index is 0.195. The molecule has 3 nitrogen and oxygen atoms in total. The number of likely N-dealkylation sites (N-methyl/N-ethyl adjacent to an activating group) is 1. The highest BCUT2D eigenvalue weighted by Gasteiger charge is 2.40. The molecule has 20 heavy (non-hydrogen) atoms. The average Bonchev–Trinajstić information content (AvgIpc) is 2.93. The Bertz CT molecular complexity index is 418. The van der Waals surface area contributed by atoms with Gasteiger partial charge in [-0.25, -0.2) is 0 Å². The van der Waals surface area contributed by atoms with Crippen LogP contribution in [0.15, 0.2) is 24.3 Å². The molecule has 0 amide bonds. The van der Waals surface area contributed by atoms with Crippen molar-refractivity contribution in [3.8, 4) is 5.75 Å². The number of rotatable bonds is 6. The van der Waals surface area contributed by atoms with Crippen LogP contribution in [0.2, 0.25) is 0 Å². The number of hydrogen-bond donors (Lipinski definition) is 1. The third kappa shape index (κ3) is 3.15. The van der Waals surface area contributed by atoms with Gasteiger partial charge in [-0.15, -0.1) is 0 Å². The highest BCUT2D eigenvalue weighted by Crippen LogP contribution is 2.39. The van der Waals surface area contributed by atoms with E-state index in [-0.39, 0.29) is 5.54 Å². The van der Waals surface area contributed by atoms with Gasteiger partial charge in [-0.05, 0) is 49.9 Å². The van der Waals surface area contributed by atoms with Crippen molar-refractivity contribution in [1.29, 1.82) is 0 Å². The molecule has 0 bridgehead atoms. The zero-order valence-corrected chi connectivity index (χ0v) is 13.1. The number of methoxy groups -OCH3 is 1. The van der Waals surface area contributed by atoms with Crippen LogP contribution in [0.5, 0.6) is 5.75 Å². The predicted octanol–water partition coefficient (Wildman–Crippen LogP) is 3.03. The maximum Gasteiger partial charge on any atom is 0.118 e. The molecule has 2 unspecified atom stereocenters. The first kappa shape index (κ1) is 15.3. The molecule has 0 aromatic heterocycles. The van der Waals surface area contributed by atoms with Crippen LogP contribution in [0.25, 0.3) is 0 Å². The molecule has 0 saturated heterocycles. The van der Waals surface area contributed by atoms with E-state index in [0.29, 0.717) is 0 Å². The van der Waals surface area contributed by atoms with E-state index in [2.05, 4.69) is 31.0 Å². The van der Waals surface area contributed by atoms with E-state index in [1.165, 1.54) is 31.2 Å². The SMILES string of the molecule is CCC1CCC(CN)(N(C)Cc2ccc(OC)cc2)C1. The smallest absolute Gasteiger partial charge is 0.118 e. The van der Waals surface area contributed by atoms with E-state index >= 15 is 0 Å². The van der Waals surface area contributed by atoms with Gasteiger partial charge in [-0.1, -0.05) is 25.5 Å². The Morgan fingerprint density at radius 3 is 2.55 bits per heavy atom. The fourth-order valence-electron chi connectivity index (χ4n) is 3.42. The predicted molar refractivity (Wildman–Crippen MR) is 83.9 cm³/mol. The molecule has 1 aliphatic rings. The Hall–Kier alpha value is -1.06.